The number of fused-ring (bicyclic) bond motifs is 3. The summed E-state index contributed by atoms with van der Waals surface area (Å²) in [5, 5.41) is 4.88. The molecule has 0 N–H and O–H groups in total. The molecule has 0 aromatic heterocycles. The molecule has 9 aromatic carbocycles. The van der Waals surface area contributed by atoms with Crippen molar-refractivity contribution in [2.24, 2.45) is 0 Å². The van der Waals surface area contributed by atoms with Gasteiger partial charge in [-0.15, -0.1) is 0 Å². The molecular formula is C58H50N2. The summed E-state index contributed by atoms with van der Waals surface area (Å²) >= 11 is 0. The number of rotatable bonds is 8. The van der Waals surface area contributed by atoms with Gasteiger partial charge in [-0.2, -0.15) is 0 Å². The zero-order chi connectivity index (χ0) is 40.8. The van der Waals surface area contributed by atoms with Gasteiger partial charge in [0.1, 0.15) is 0 Å². The molecule has 0 spiro atoms. The number of nitrogens with zero attached hydrogens (tertiary/aromatic N) is 2. The maximum Gasteiger partial charge on any atom is 0.0540 e. The van der Waals surface area contributed by atoms with E-state index in [1.165, 1.54) is 68.0 Å². The van der Waals surface area contributed by atoms with Crippen molar-refractivity contribution in [3.8, 4) is 22.3 Å². The molecule has 0 amide bonds. The minimum Gasteiger partial charge on any atom is -0.310 e. The number of para-hydroxylation sites is 1. The topological polar surface area (TPSA) is 6.48 Å². The average molecular weight is 775 g/mol. The molecule has 0 atom stereocenters. The van der Waals surface area contributed by atoms with Crippen LogP contribution < -0.4 is 9.80 Å². The van der Waals surface area contributed by atoms with Crippen LogP contribution in [0.15, 0.2) is 206 Å². The van der Waals surface area contributed by atoms with Crippen molar-refractivity contribution in [2.75, 3.05) is 9.80 Å². The van der Waals surface area contributed by atoms with Gasteiger partial charge < -0.3 is 9.80 Å². The number of anilines is 6. The van der Waals surface area contributed by atoms with Crippen molar-refractivity contribution < 1.29 is 0 Å². The van der Waals surface area contributed by atoms with Crippen LogP contribution in [0.2, 0.25) is 0 Å². The fourth-order valence-corrected chi connectivity index (χ4v) is 9.54. The normalized spacial score (nSPS) is 14.1. The van der Waals surface area contributed by atoms with E-state index in [1.807, 2.05) is 0 Å². The first-order valence-corrected chi connectivity index (χ1v) is 21.3. The molecule has 0 unspecified atom stereocenters. The highest BCUT2D eigenvalue weighted by Gasteiger charge is 2.37. The van der Waals surface area contributed by atoms with Crippen molar-refractivity contribution in [2.45, 2.75) is 51.4 Å². The molecule has 0 saturated heterocycles. The molecule has 9 aromatic rings. The Bertz CT molecular complexity index is 3000. The zero-order valence-electron chi connectivity index (χ0n) is 34.9. The number of hydrogen-bond acceptors (Lipinski definition) is 2. The molecule has 1 aliphatic carbocycles. The molecule has 2 nitrogen and oxygen atoms in total. The van der Waals surface area contributed by atoms with Crippen LogP contribution in [0, 0.1) is 0 Å². The van der Waals surface area contributed by atoms with E-state index < -0.39 is 0 Å². The van der Waals surface area contributed by atoms with Gasteiger partial charge in [-0.1, -0.05) is 179 Å². The maximum absolute atomic E-state index is 2.48. The summed E-state index contributed by atoms with van der Waals surface area (Å²) in [6.45, 7) is 9.64. The Hall–Kier alpha value is -6.90. The maximum atomic E-state index is 2.48. The van der Waals surface area contributed by atoms with E-state index in [4.69, 9.17) is 0 Å². The van der Waals surface area contributed by atoms with Gasteiger partial charge >= 0.3 is 0 Å². The fourth-order valence-electron chi connectivity index (χ4n) is 9.54. The van der Waals surface area contributed by atoms with E-state index in [1.54, 1.807) is 0 Å². The Morgan fingerprint density at radius 1 is 0.333 bits per heavy atom. The van der Waals surface area contributed by atoms with E-state index in [9.17, 15) is 0 Å². The second-order valence-electron chi connectivity index (χ2n) is 17.6. The lowest BCUT2D eigenvalue weighted by molar-refractivity contribution is 0.332. The third-order valence-electron chi connectivity index (χ3n) is 12.9. The summed E-state index contributed by atoms with van der Waals surface area (Å²) in [6, 6.07) is 75.7. The third-order valence-corrected chi connectivity index (χ3v) is 12.9. The molecule has 0 radical (unpaired) electrons. The molecule has 0 fully saturated rings. The summed E-state index contributed by atoms with van der Waals surface area (Å²) in [4.78, 5) is 4.92. The van der Waals surface area contributed by atoms with E-state index in [0.29, 0.717) is 0 Å². The first kappa shape index (κ1) is 37.4. The van der Waals surface area contributed by atoms with Crippen molar-refractivity contribution >= 4 is 55.7 Å². The highest BCUT2D eigenvalue weighted by molar-refractivity contribution is 6.02. The van der Waals surface area contributed by atoms with E-state index in [-0.39, 0.29) is 10.8 Å². The Balaban J connectivity index is 1.14. The second-order valence-corrected chi connectivity index (χ2v) is 17.6. The Morgan fingerprint density at radius 2 is 0.783 bits per heavy atom. The Labute approximate surface area is 355 Å². The minimum atomic E-state index is 0.0860. The van der Waals surface area contributed by atoms with Gasteiger partial charge in [-0.05, 0) is 117 Å². The lowest BCUT2D eigenvalue weighted by Gasteiger charge is -2.42. The van der Waals surface area contributed by atoms with Gasteiger partial charge in [-0.25, -0.2) is 0 Å². The fraction of sp³-hybridized carbons (Fsp3) is 0.138. The van der Waals surface area contributed by atoms with Crippen LogP contribution >= 0.6 is 0 Å². The average Bonchev–Trinajstić information content (AvgIpc) is 3.29. The molecule has 10 rings (SSSR count). The van der Waals surface area contributed by atoms with E-state index in [2.05, 4.69) is 244 Å². The third kappa shape index (κ3) is 6.73. The van der Waals surface area contributed by atoms with Gasteiger partial charge in [0.05, 0.1) is 17.1 Å². The quantitative estimate of drug-likeness (QED) is 0.152. The molecule has 60 heavy (non-hydrogen) atoms. The van der Waals surface area contributed by atoms with Crippen LogP contribution in [0.25, 0.3) is 43.8 Å². The summed E-state index contributed by atoms with van der Waals surface area (Å²) in [6.07, 6.45) is 2.36. The first-order chi connectivity index (χ1) is 29.2. The van der Waals surface area contributed by atoms with Crippen molar-refractivity contribution in [1.29, 1.82) is 0 Å². The summed E-state index contributed by atoms with van der Waals surface area (Å²) in [7, 11) is 0. The summed E-state index contributed by atoms with van der Waals surface area (Å²) < 4.78 is 0. The van der Waals surface area contributed by atoms with Gasteiger partial charge in [0.2, 0.25) is 0 Å². The van der Waals surface area contributed by atoms with Crippen LogP contribution in [0.3, 0.4) is 0 Å². The first-order valence-electron chi connectivity index (χ1n) is 21.3. The number of benzene rings is 9. The van der Waals surface area contributed by atoms with E-state index >= 15 is 0 Å². The van der Waals surface area contributed by atoms with Gasteiger partial charge in [-0.3, -0.25) is 0 Å². The lowest BCUT2D eigenvalue weighted by atomic mass is 9.63. The molecule has 292 valence electrons. The van der Waals surface area contributed by atoms with Crippen molar-refractivity contribution in [1.82, 2.24) is 0 Å². The monoisotopic (exact) mass is 774 g/mol. The molecule has 1 aliphatic rings. The lowest BCUT2D eigenvalue weighted by Crippen LogP contribution is -2.34. The van der Waals surface area contributed by atoms with Gasteiger partial charge in [0, 0.05) is 33.4 Å². The zero-order valence-corrected chi connectivity index (χ0v) is 34.9. The molecule has 0 saturated carbocycles. The smallest absolute Gasteiger partial charge is 0.0540 e. The SMILES string of the molecule is CC1(C)CCC(C)(C)c2cc(N(c3cccc(-c4cccc(N(c5ccccc5-c5ccccc5)c5cccc6ccccc56)c4)c3)c3cccc4ccccc34)ccc21. The molecule has 0 bridgehead atoms. The molecular weight excluding hydrogens is 725 g/mol. The molecule has 0 heterocycles. The van der Waals surface area contributed by atoms with Crippen LogP contribution in [-0.4, -0.2) is 0 Å². The minimum absolute atomic E-state index is 0.0860. The van der Waals surface area contributed by atoms with Crippen LogP contribution in [0.5, 0.6) is 0 Å². The summed E-state index contributed by atoms with van der Waals surface area (Å²) in [5.74, 6) is 0. The van der Waals surface area contributed by atoms with Crippen LogP contribution in [0.1, 0.15) is 51.7 Å². The van der Waals surface area contributed by atoms with Gasteiger partial charge in [0.25, 0.3) is 0 Å². The number of hydrogen-bond donors (Lipinski definition) is 0. The standard InChI is InChI=1S/C58H50N2/c1-57(2)36-37-58(3,4)53-40-48(34-35-52(53)57)59(54-32-16-22-42-20-8-10-28-49(42)54)46-26-14-24-44(38-46)45-25-15-27-47(39-45)60(56-33-17-23-43-21-9-11-29-51(43)56)55-31-13-12-30-50(55)41-18-6-5-7-19-41/h5-35,38-40H,36-37H2,1-4H3. The molecule has 0 aliphatic heterocycles. The van der Waals surface area contributed by atoms with E-state index in [0.717, 1.165) is 33.9 Å². The molecule has 2 heteroatoms. The second kappa shape index (κ2) is 15.0. The van der Waals surface area contributed by atoms with Crippen molar-refractivity contribution in [3.63, 3.8) is 0 Å². The highest BCUT2D eigenvalue weighted by Crippen LogP contribution is 2.49. The van der Waals surface area contributed by atoms with Crippen LogP contribution in [-0.2, 0) is 10.8 Å². The Kier molecular flexibility index (Phi) is 9.37. The highest BCUT2D eigenvalue weighted by atomic mass is 15.2. The van der Waals surface area contributed by atoms with Gasteiger partial charge in [0.15, 0.2) is 0 Å². The largest absolute Gasteiger partial charge is 0.310 e. The summed E-state index contributed by atoms with van der Waals surface area (Å²) in [5.41, 5.74) is 14.7. The van der Waals surface area contributed by atoms with Crippen molar-refractivity contribution in [3.05, 3.63) is 217 Å². The predicted octanol–water partition coefficient (Wildman–Crippen LogP) is 16.6. The predicted molar refractivity (Wildman–Crippen MR) is 257 cm³/mol. The Morgan fingerprint density at radius 3 is 1.43 bits per heavy atom. The van der Waals surface area contributed by atoms with Crippen LogP contribution in [0.4, 0.5) is 34.1 Å².